The molecule has 0 amide bonds. The first-order chi connectivity index (χ1) is 5.25. The fraction of sp³-hybridized carbons (Fsp3) is 0. The molecule has 2 N–H and O–H groups in total. The highest BCUT2D eigenvalue weighted by atomic mass is 32.1. The molecule has 0 radical (unpaired) electrons. The van der Waals surface area contributed by atoms with E-state index in [9.17, 15) is 0 Å². The van der Waals surface area contributed by atoms with E-state index in [0.29, 0.717) is 10.8 Å². The summed E-state index contributed by atoms with van der Waals surface area (Å²) < 4.78 is 0. The maximum Gasteiger partial charge on any atom is 0.222 e. The molecule has 54 valence electrons. The van der Waals surface area contributed by atoms with Gasteiger partial charge in [0.15, 0.2) is 5.49 Å². The predicted molar refractivity (Wildman–Crippen MR) is 41.4 cm³/mol. The van der Waals surface area contributed by atoms with E-state index in [1.807, 2.05) is 0 Å². The maximum absolute atomic E-state index is 5.31. The van der Waals surface area contributed by atoms with Gasteiger partial charge in [-0.3, -0.25) is 0 Å². The number of nitrogen functional groups attached to an aromatic ring is 1. The molecule has 0 fully saturated rings. The van der Waals surface area contributed by atoms with E-state index >= 15 is 0 Å². The Balaban J connectivity index is 2.89. The van der Waals surface area contributed by atoms with Crippen molar-refractivity contribution in [2.75, 3.05) is 5.73 Å². The Hall–Kier alpha value is -1.43. The zero-order valence-corrected chi connectivity index (χ0v) is 6.17. The van der Waals surface area contributed by atoms with Crippen molar-refractivity contribution in [3.63, 3.8) is 0 Å². The summed E-state index contributed by atoms with van der Waals surface area (Å²) in [6, 6.07) is 0. The van der Waals surface area contributed by atoms with Crippen LogP contribution < -0.4 is 16.6 Å². The summed E-state index contributed by atoms with van der Waals surface area (Å²) in [5, 5.41) is 0.865. The topological polar surface area (TPSA) is 76.5 Å². The minimum Gasteiger partial charge on any atom is -0.368 e. The van der Waals surface area contributed by atoms with Gasteiger partial charge in [0.25, 0.3) is 0 Å². The Labute approximate surface area is 66.7 Å². The molecule has 0 bridgehead atoms. The Morgan fingerprint density at radius 3 is 3.00 bits per heavy atom. The fourth-order valence-corrected chi connectivity index (χ4v) is 0.944. The highest BCUT2D eigenvalue weighted by molar-refractivity contribution is 7.80. The highest BCUT2D eigenvalue weighted by Crippen LogP contribution is 1.84. The first-order valence-corrected chi connectivity index (χ1v) is 3.26. The van der Waals surface area contributed by atoms with E-state index in [2.05, 4.69) is 20.0 Å². The molecule has 0 spiro atoms. The molecule has 2 heterocycles. The summed E-state index contributed by atoms with van der Waals surface area (Å²) in [5.41, 5.74) is 5.77. The molecule has 11 heavy (non-hydrogen) atoms. The van der Waals surface area contributed by atoms with Crippen LogP contribution in [-0.4, -0.2) is 15.1 Å². The number of nitrogens with two attached hydrogens (primary N) is 1. The molecule has 0 saturated carbocycles. The van der Waals surface area contributed by atoms with Crippen LogP contribution >= 0.6 is 12.2 Å². The third-order valence-corrected chi connectivity index (χ3v) is 1.37. The number of nitrogens with zero attached hydrogens (tertiary/aromatic N) is 4. The van der Waals surface area contributed by atoms with Crippen LogP contribution in [0.2, 0.25) is 0 Å². The van der Waals surface area contributed by atoms with Crippen LogP contribution in [0.3, 0.4) is 0 Å². The number of hydrogen-bond acceptors (Lipinski definition) is 4. The van der Waals surface area contributed by atoms with Crippen molar-refractivity contribution in [3.05, 3.63) is 17.0 Å². The maximum atomic E-state index is 5.31. The van der Waals surface area contributed by atoms with Gasteiger partial charge >= 0.3 is 0 Å². The molecule has 2 rings (SSSR count). The lowest BCUT2D eigenvalue weighted by Gasteiger charge is -1.84. The van der Waals surface area contributed by atoms with Gasteiger partial charge in [-0.25, -0.2) is 9.98 Å². The molecule has 0 atom stereocenters. The van der Waals surface area contributed by atoms with Crippen molar-refractivity contribution in [1.82, 2.24) is 9.97 Å². The van der Waals surface area contributed by atoms with E-state index in [1.54, 1.807) is 0 Å². The first kappa shape index (κ1) is 6.29. The zero-order valence-electron chi connectivity index (χ0n) is 5.35. The lowest BCUT2D eigenvalue weighted by molar-refractivity contribution is 1.07. The van der Waals surface area contributed by atoms with Crippen LogP contribution in [0.4, 0.5) is 5.95 Å². The molecular formula is C5H3N5S. The van der Waals surface area contributed by atoms with Gasteiger partial charge in [0.05, 0.1) is 6.20 Å². The van der Waals surface area contributed by atoms with E-state index in [0.717, 1.165) is 0 Å². The third kappa shape index (κ3) is 0.966. The number of rotatable bonds is 0. The van der Waals surface area contributed by atoms with Gasteiger partial charge in [0, 0.05) is 0 Å². The number of aromatic nitrogens is 2. The van der Waals surface area contributed by atoms with E-state index in [4.69, 9.17) is 18.0 Å². The fourth-order valence-electron chi connectivity index (χ4n) is 0.759. The highest BCUT2D eigenvalue weighted by Gasteiger charge is 2.02. The smallest absolute Gasteiger partial charge is 0.222 e. The quantitative estimate of drug-likeness (QED) is 0.479. The predicted octanol–water partition coefficient (Wildman–Crippen LogP) is -1.40. The largest absolute Gasteiger partial charge is 0.368 e. The lowest BCUT2D eigenvalue weighted by Crippen LogP contribution is -2.27. The van der Waals surface area contributed by atoms with Gasteiger partial charge in [0.1, 0.15) is 5.36 Å². The first-order valence-electron chi connectivity index (χ1n) is 2.85. The van der Waals surface area contributed by atoms with Crippen LogP contribution in [0, 0.1) is 0 Å². The van der Waals surface area contributed by atoms with Crippen LogP contribution in [0.5, 0.6) is 0 Å². The normalized spacial score (nSPS) is 13.6. The summed E-state index contributed by atoms with van der Waals surface area (Å²) in [6.45, 7) is 0. The Morgan fingerprint density at radius 1 is 1.36 bits per heavy atom. The van der Waals surface area contributed by atoms with E-state index in [-0.39, 0.29) is 11.1 Å². The van der Waals surface area contributed by atoms with Crippen LogP contribution in [0.1, 0.15) is 0 Å². The summed E-state index contributed by atoms with van der Waals surface area (Å²) in [7, 11) is 0. The average molecular weight is 165 g/mol. The molecule has 1 aromatic heterocycles. The van der Waals surface area contributed by atoms with Gasteiger partial charge in [-0.15, -0.1) is 0 Å². The molecule has 6 heteroatoms. The summed E-state index contributed by atoms with van der Waals surface area (Å²) in [5.74, 6) is 0.187. The van der Waals surface area contributed by atoms with Crippen molar-refractivity contribution in [1.29, 1.82) is 0 Å². The van der Waals surface area contributed by atoms with Gasteiger partial charge < -0.3 is 5.73 Å². The van der Waals surface area contributed by atoms with Crippen molar-refractivity contribution in [3.8, 4) is 0 Å². The van der Waals surface area contributed by atoms with Gasteiger partial charge in [0.2, 0.25) is 11.1 Å². The van der Waals surface area contributed by atoms with Crippen molar-refractivity contribution >= 4 is 23.3 Å². The second-order valence-electron chi connectivity index (χ2n) is 1.94. The van der Waals surface area contributed by atoms with Gasteiger partial charge in [-0.1, -0.05) is 0 Å². The van der Waals surface area contributed by atoms with Crippen molar-refractivity contribution in [2.45, 2.75) is 0 Å². The molecule has 1 aliphatic heterocycles. The second-order valence-corrected chi connectivity index (χ2v) is 2.31. The molecular weight excluding hydrogens is 162 g/mol. The molecule has 5 nitrogen and oxygen atoms in total. The monoisotopic (exact) mass is 165 g/mol. The Morgan fingerprint density at radius 2 is 2.18 bits per heavy atom. The number of fused-ring (bicyclic) bond motifs is 1. The summed E-state index contributed by atoms with van der Waals surface area (Å²) in [6.07, 6.45) is 1.50. The summed E-state index contributed by atoms with van der Waals surface area (Å²) >= 11 is 4.73. The molecule has 1 aromatic rings. The number of anilines is 1. The van der Waals surface area contributed by atoms with Crippen LogP contribution in [0.15, 0.2) is 16.2 Å². The second kappa shape index (κ2) is 2.03. The minimum absolute atomic E-state index is 0.187. The SMILES string of the molecule is Nc1ncc2c(n1)=NC(=S)N=2. The van der Waals surface area contributed by atoms with Gasteiger partial charge in [-0.2, -0.15) is 9.98 Å². The molecule has 0 saturated heterocycles. The van der Waals surface area contributed by atoms with Gasteiger partial charge in [-0.05, 0) is 12.2 Å². The number of thiocarbonyl (C=S) groups is 1. The van der Waals surface area contributed by atoms with E-state index < -0.39 is 0 Å². The molecule has 0 unspecified atom stereocenters. The molecule has 0 aromatic carbocycles. The average Bonchev–Trinajstić information content (AvgIpc) is 2.27. The number of hydrogen-bond donors (Lipinski definition) is 1. The third-order valence-electron chi connectivity index (χ3n) is 1.19. The van der Waals surface area contributed by atoms with Crippen molar-refractivity contribution in [2.24, 2.45) is 9.98 Å². The lowest BCUT2D eigenvalue weighted by atomic mass is 10.6. The molecule has 0 aliphatic carbocycles. The minimum atomic E-state index is 0.187. The Bertz CT molecular complexity index is 437. The van der Waals surface area contributed by atoms with E-state index in [1.165, 1.54) is 6.20 Å². The molecule has 1 aliphatic rings. The standard InChI is InChI=1S/C5H3N5S/c6-4-7-1-2-3(9-4)10-5(11)8-2/h1H,(H2,6,9,10,11). The zero-order chi connectivity index (χ0) is 7.84. The van der Waals surface area contributed by atoms with Crippen LogP contribution in [-0.2, 0) is 0 Å². The van der Waals surface area contributed by atoms with Crippen molar-refractivity contribution < 1.29 is 0 Å². The van der Waals surface area contributed by atoms with Crippen LogP contribution in [0.25, 0.3) is 0 Å². The Kier molecular flexibility index (Phi) is 1.16. The summed E-state index contributed by atoms with van der Waals surface area (Å²) in [4.78, 5) is 15.3.